The summed E-state index contributed by atoms with van der Waals surface area (Å²) in [5.41, 5.74) is 2.80. The Labute approximate surface area is 151 Å². The molecule has 132 valence electrons. The number of anilines is 1. The Bertz CT molecular complexity index is 748. The summed E-state index contributed by atoms with van der Waals surface area (Å²) in [4.78, 5) is 23.6. The molecule has 1 amide bonds. The molecular formula is C19H20ClNO4. The van der Waals surface area contributed by atoms with E-state index in [1.165, 1.54) is 0 Å². The van der Waals surface area contributed by atoms with Gasteiger partial charge in [-0.15, -0.1) is 0 Å². The van der Waals surface area contributed by atoms with E-state index in [-0.39, 0.29) is 12.5 Å². The fraction of sp³-hybridized carbons (Fsp3) is 0.263. The second kappa shape index (κ2) is 8.53. The van der Waals surface area contributed by atoms with Crippen molar-refractivity contribution < 1.29 is 19.1 Å². The van der Waals surface area contributed by atoms with Gasteiger partial charge in [-0.25, -0.2) is 4.79 Å². The summed E-state index contributed by atoms with van der Waals surface area (Å²) in [6.45, 7) is 5.70. The number of hydrogen-bond acceptors (Lipinski definition) is 4. The van der Waals surface area contributed by atoms with Crippen LogP contribution in [0.4, 0.5) is 5.69 Å². The molecule has 0 atom stereocenters. The van der Waals surface area contributed by atoms with E-state index in [9.17, 15) is 9.59 Å². The quantitative estimate of drug-likeness (QED) is 0.785. The topological polar surface area (TPSA) is 64.6 Å². The number of benzene rings is 2. The van der Waals surface area contributed by atoms with E-state index < -0.39 is 5.97 Å². The normalized spacial score (nSPS) is 10.2. The Morgan fingerprint density at radius 3 is 2.24 bits per heavy atom. The number of carbonyl (C=O) groups excluding carboxylic acids is 2. The highest BCUT2D eigenvalue weighted by Crippen LogP contribution is 2.25. The number of esters is 1. The highest BCUT2D eigenvalue weighted by atomic mass is 35.5. The van der Waals surface area contributed by atoms with Gasteiger partial charge in [0.25, 0.3) is 5.91 Å². The Balaban J connectivity index is 1.91. The Kier molecular flexibility index (Phi) is 6.42. The summed E-state index contributed by atoms with van der Waals surface area (Å²) in [5, 5.41) is 3.40. The Morgan fingerprint density at radius 1 is 1.08 bits per heavy atom. The number of halogens is 1. The van der Waals surface area contributed by atoms with Gasteiger partial charge in [0.05, 0.1) is 12.2 Å². The first-order valence-electron chi connectivity index (χ1n) is 7.87. The van der Waals surface area contributed by atoms with Crippen LogP contribution in [0, 0.1) is 13.8 Å². The molecular weight excluding hydrogens is 342 g/mol. The van der Waals surface area contributed by atoms with Crippen LogP contribution in [0.15, 0.2) is 36.4 Å². The second-order valence-electron chi connectivity index (χ2n) is 5.51. The largest absolute Gasteiger partial charge is 0.484 e. The van der Waals surface area contributed by atoms with Gasteiger partial charge in [-0.1, -0.05) is 11.6 Å². The van der Waals surface area contributed by atoms with Gasteiger partial charge in [0, 0.05) is 10.7 Å². The molecule has 0 heterocycles. The van der Waals surface area contributed by atoms with Crippen molar-refractivity contribution in [2.45, 2.75) is 20.8 Å². The molecule has 0 saturated carbocycles. The van der Waals surface area contributed by atoms with E-state index in [0.29, 0.717) is 28.6 Å². The molecule has 5 nitrogen and oxygen atoms in total. The van der Waals surface area contributed by atoms with E-state index in [0.717, 1.165) is 11.1 Å². The molecule has 0 aromatic heterocycles. The highest BCUT2D eigenvalue weighted by molar-refractivity contribution is 6.32. The maximum absolute atomic E-state index is 12.0. The lowest BCUT2D eigenvalue weighted by atomic mass is 10.1. The van der Waals surface area contributed by atoms with Crippen LogP contribution in [0.25, 0.3) is 0 Å². The molecule has 25 heavy (non-hydrogen) atoms. The first-order chi connectivity index (χ1) is 11.9. The number of nitrogens with one attached hydrogen (secondary N) is 1. The van der Waals surface area contributed by atoms with E-state index in [1.807, 2.05) is 13.8 Å². The average molecular weight is 362 g/mol. The van der Waals surface area contributed by atoms with Crippen LogP contribution in [0.1, 0.15) is 28.4 Å². The Morgan fingerprint density at radius 2 is 1.68 bits per heavy atom. The first kappa shape index (κ1) is 18.8. The molecule has 0 aliphatic carbocycles. The molecule has 0 unspecified atom stereocenters. The lowest BCUT2D eigenvalue weighted by molar-refractivity contribution is -0.118. The van der Waals surface area contributed by atoms with E-state index >= 15 is 0 Å². The van der Waals surface area contributed by atoms with E-state index in [1.54, 1.807) is 43.3 Å². The molecule has 0 fully saturated rings. The summed E-state index contributed by atoms with van der Waals surface area (Å²) in [5.74, 6) is -0.0986. The van der Waals surface area contributed by atoms with Crippen molar-refractivity contribution in [1.82, 2.24) is 0 Å². The minimum atomic E-state index is -0.391. The fourth-order valence-corrected chi connectivity index (χ4v) is 2.35. The molecule has 0 saturated heterocycles. The lowest BCUT2D eigenvalue weighted by Gasteiger charge is -2.10. The van der Waals surface area contributed by atoms with Crippen LogP contribution in [0.5, 0.6) is 5.75 Å². The molecule has 2 rings (SSSR count). The number of rotatable bonds is 6. The Hall–Kier alpha value is -2.53. The number of hydrogen-bond donors (Lipinski definition) is 1. The van der Waals surface area contributed by atoms with Crippen molar-refractivity contribution in [3.05, 3.63) is 58.1 Å². The standard InChI is InChI=1S/C19H20ClNO4/c1-4-24-19(23)14-5-7-15(8-6-14)21-17(22)11-25-16-9-12(2)18(20)13(3)10-16/h5-10H,4,11H2,1-3H3,(H,21,22). The first-order valence-corrected chi connectivity index (χ1v) is 8.25. The number of amides is 1. The van der Waals surface area contributed by atoms with Gasteiger partial charge in [-0.2, -0.15) is 0 Å². The molecule has 0 bridgehead atoms. The van der Waals surface area contributed by atoms with Gasteiger partial charge >= 0.3 is 5.97 Å². The highest BCUT2D eigenvalue weighted by Gasteiger charge is 2.09. The van der Waals surface area contributed by atoms with Gasteiger partial charge < -0.3 is 14.8 Å². The maximum Gasteiger partial charge on any atom is 0.338 e. The zero-order valence-corrected chi connectivity index (χ0v) is 15.1. The van der Waals surface area contributed by atoms with Crippen LogP contribution in [0.3, 0.4) is 0 Å². The number of aryl methyl sites for hydroxylation is 2. The summed E-state index contributed by atoms with van der Waals surface area (Å²) >= 11 is 6.11. The van der Waals surface area contributed by atoms with Crippen LogP contribution >= 0.6 is 11.6 Å². The van der Waals surface area contributed by atoms with Crippen molar-refractivity contribution in [2.24, 2.45) is 0 Å². The van der Waals surface area contributed by atoms with Gasteiger partial charge in [0.2, 0.25) is 0 Å². The minimum Gasteiger partial charge on any atom is -0.484 e. The number of ether oxygens (including phenoxy) is 2. The monoisotopic (exact) mass is 361 g/mol. The van der Waals surface area contributed by atoms with Crippen molar-refractivity contribution >= 4 is 29.2 Å². The van der Waals surface area contributed by atoms with Gasteiger partial charge in [0.15, 0.2) is 6.61 Å². The molecule has 2 aromatic carbocycles. The summed E-state index contributed by atoms with van der Waals surface area (Å²) in [6, 6.07) is 10.1. The molecule has 0 radical (unpaired) electrons. The van der Waals surface area contributed by atoms with Crippen molar-refractivity contribution in [3.63, 3.8) is 0 Å². The predicted octanol–water partition coefficient (Wildman–Crippen LogP) is 4.15. The molecule has 1 N–H and O–H groups in total. The molecule has 2 aromatic rings. The van der Waals surface area contributed by atoms with Crippen molar-refractivity contribution in [3.8, 4) is 5.75 Å². The van der Waals surface area contributed by atoms with Gasteiger partial charge in [-0.05, 0) is 68.3 Å². The van der Waals surface area contributed by atoms with Crippen LogP contribution in [0.2, 0.25) is 5.02 Å². The lowest BCUT2D eigenvalue weighted by Crippen LogP contribution is -2.20. The third kappa shape index (κ3) is 5.22. The van der Waals surface area contributed by atoms with Crippen molar-refractivity contribution in [1.29, 1.82) is 0 Å². The van der Waals surface area contributed by atoms with Crippen LogP contribution < -0.4 is 10.1 Å². The molecule has 0 aliphatic heterocycles. The van der Waals surface area contributed by atoms with Crippen LogP contribution in [-0.2, 0) is 9.53 Å². The smallest absolute Gasteiger partial charge is 0.338 e. The SMILES string of the molecule is CCOC(=O)c1ccc(NC(=O)COc2cc(C)c(Cl)c(C)c2)cc1. The zero-order valence-electron chi connectivity index (χ0n) is 14.4. The zero-order chi connectivity index (χ0) is 18.4. The molecule has 0 spiro atoms. The maximum atomic E-state index is 12.0. The van der Waals surface area contributed by atoms with E-state index in [4.69, 9.17) is 21.1 Å². The van der Waals surface area contributed by atoms with Crippen molar-refractivity contribution in [2.75, 3.05) is 18.5 Å². The minimum absolute atomic E-state index is 0.125. The number of carbonyl (C=O) groups is 2. The third-order valence-electron chi connectivity index (χ3n) is 3.46. The predicted molar refractivity (Wildman–Crippen MR) is 97.4 cm³/mol. The molecule has 6 heteroatoms. The van der Waals surface area contributed by atoms with Gasteiger partial charge in [0.1, 0.15) is 5.75 Å². The van der Waals surface area contributed by atoms with Gasteiger partial charge in [-0.3, -0.25) is 4.79 Å². The second-order valence-corrected chi connectivity index (χ2v) is 5.88. The average Bonchev–Trinajstić information content (AvgIpc) is 2.58. The summed E-state index contributed by atoms with van der Waals surface area (Å²) in [7, 11) is 0. The van der Waals surface area contributed by atoms with E-state index in [2.05, 4.69) is 5.32 Å². The van der Waals surface area contributed by atoms with Crippen LogP contribution in [-0.4, -0.2) is 25.1 Å². The third-order valence-corrected chi connectivity index (χ3v) is 4.06. The fourth-order valence-electron chi connectivity index (χ4n) is 2.24. The summed E-state index contributed by atoms with van der Waals surface area (Å²) in [6.07, 6.45) is 0. The molecule has 0 aliphatic rings. The summed E-state index contributed by atoms with van der Waals surface area (Å²) < 4.78 is 10.4.